The van der Waals surface area contributed by atoms with Crippen molar-refractivity contribution in [2.45, 2.75) is 18.8 Å². The van der Waals surface area contributed by atoms with E-state index in [0.717, 1.165) is 0 Å². The van der Waals surface area contributed by atoms with Crippen molar-refractivity contribution < 1.29 is 14.6 Å². The van der Waals surface area contributed by atoms with Crippen LogP contribution in [0.5, 0.6) is 0 Å². The first-order chi connectivity index (χ1) is 3.70. The van der Waals surface area contributed by atoms with E-state index in [-0.39, 0.29) is 6.42 Å². The first-order valence-electron chi connectivity index (χ1n) is 2.33. The van der Waals surface area contributed by atoms with E-state index in [1.54, 1.807) is 0 Å². The lowest BCUT2D eigenvalue weighted by molar-refractivity contribution is -0.154. The average Bonchev–Trinajstić information content (AvgIpc) is 1.85. The third-order valence-corrected chi connectivity index (χ3v) is 1.02. The van der Waals surface area contributed by atoms with E-state index in [9.17, 15) is 4.79 Å². The third-order valence-electron chi connectivity index (χ3n) is 1.02. The van der Waals surface area contributed by atoms with Gasteiger partial charge in [0.1, 0.15) is 0 Å². The van der Waals surface area contributed by atoms with Gasteiger partial charge in [-0.15, -0.1) is 0 Å². The van der Waals surface area contributed by atoms with Crippen molar-refractivity contribution in [1.82, 2.24) is 0 Å². The summed E-state index contributed by atoms with van der Waals surface area (Å²) in [6, 6.07) is -0.525. The van der Waals surface area contributed by atoms with Crippen LogP contribution in [0.3, 0.4) is 0 Å². The molecule has 0 spiro atoms. The number of aliphatic hydroxyl groups is 1. The molecule has 0 amide bonds. The summed E-state index contributed by atoms with van der Waals surface area (Å²) in [4.78, 5) is 10.2. The molecular formula is C4H7NO3. The second-order valence-corrected chi connectivity index (χ2v) is 1.75. The molecule has 0 aromatic rings. The minimum absolute atomic E-state index is 0.126. The van der Waals surface area contributed by atoms with Gasteiger partial charge in [0.2, 0.25) is 6.29 Å². The Bertz CT molecular complexity index is 102. The molecule has 1 aliphatic rings. The molecule has 1 fully saturated rings. The standard InChI is InChI=1S/C4H7NO3/c5-2-1-3(6)8-4(2)7/h2,4,7H,1,5H2/t2-,4+/m0/s1. The van der Waals surface area contributed by atoms with Gasteiger partial charge >= 0.3 is 5.97 Å². The van der Waals surface area contributed by atoms with E-state index in [4.69, 9.17) is 10.8 Å². The molecule has 46 valence electrons. The minimum Gasteiger partial charge on any atom is -0.434 e. The van der Waals surface area contributed by atoms with Crippen LogP contribution in [-0.2, 0) is 9.53 Å². The van der Waals surface area contributed by atoms with Gasteiger partial charge < -0.3 is 15.6 Å². The van der Waals surface area contributed by atoms with Crippen LogP contribution in [0, 0.1) is 0 Å². The van der Waals surface area contributed by atoms with Gasteiger partial charge in [0.05, 0.1) is 12.5 Å². The van der Waals surface area contributed by atoms with Crippen molar-refractivity contribution in [3.8, 4) is 0 Å². The highest BCUT2D eigenvalue weighted by Gasteiger charge is 2.29. The lowest BCUT2D eigenvalue weighted by Gasteiger charge is -2.02. The van der Waals surface area contributed by atoms with Crippen molar-refractivity contribution in [3.05, 3.63) is 0 Å². The predicted molar refractivity (Wildman–Crippen MR) is 24.7 cm³/mol. The van der Waals surface area contributed by atoms with Crippen LogP contribution in [0.1, 0.15) is 6.42 Å². The van der Waals surface area contributed by atoms with Crippen molar-refractivity contribution in [2.24, 2.45) is 5.73 Å². The molecule has 0 bridgehead atoms. The molecule has 0 unspecified atom stereocenters. The third kappa shape index (κ3) is 0.801. The molecule has 1 saturated heterocycles. The molecule has 0 radical (unpaired) electrons. The van der Waals surface area contributed by atoms with Crippen LogP contribution in [-0.4, -0.2) is 23.4 Å². The number of cyclic esters (lactones) is 1. The minimum atomic E-state index is -1.08. The van der Waals surface area contributed by atoms with E-state index >= 15 is 0 Å². The molecule has 1 rings (SSSR count). The Hall–Kier alpha value is -0.610. The van der Waals surface area contributed by atoms with Gasteiger partial charge in [-0.2, -0.15) is 0 Å². The van der Waals surface area contributed by atoms with Crippen LogP contribution >= 0.6 is 0 Å². The quantitative estimate of drug-likeness (QED) is 0.382. The smallest absolute Gasteiger partial charge is 0.309 e. The molecule has 1 aliphatic heterocycles. The lowest BCUT2D eigenvalue weighted by Crippen LogP contribution is -2.29. The number of hydrogen-bond donors (Lipinski definition) is 2. The Morgan fingerprint density at radius 2 is 2.50 bits per heavy atom. The normalized spacial score (nSPS) is 37.5. The highest BCUT2D eigenvalue weighted by atomic mass is 16.6. The molecule has 0 aromatic heterocycles. The van der Waals surface area contributed by atoms with Gasteiger partial charge in [0.15, 0.2) is 0 Å². The SMILES string of the molecule is N[C@H]1CC(=O)O[C@H]1O. The fourth-order valence-electron chi connectivity index (χ4n) is 0.563. The number of carbonyl (C=O) groups is 1. The number of hydrogen-bond acceptors (Lipinski definition) is 4. The van der Waals surface area contributed by atoms with Crippen LogP contribution in [0.4, 0.5) is 0 Å². The molecule has 3 N–H and O–H groups in total. The van der Waals surface area contributed by atoms with Crippen LogP contribution in [0.25, 0.3) is 0 Å². The molecule has 0 saturated carbocycles. The summed E-state index contributed by atoms with van der Waals surface area (Å²) < 4.78 is 4.27. The van der Waals surface area contributed by atoms with Gasteiger partial charge in [-0.3, -0.25) is 4.79 Å². The number of ether oxygens (including phenoxy) is 1. The number of carbonyl (C=O) groups excluding carboxylic acids is 1. The van der Waals surface area contributed by atoms with Gasteiger partial charge in [-0.05, 0) is 0 Å². The molecule has 0 aliphatic carbocycles. The van der Waals surface area contributed by atoms with Crippen LogP contribution < -0.4 is 5.73 Å². The maximum absolute atomic E-state index is 10.2. The molecule has 8 heavy (non-hydrogen) atoms. The lowest BCUT2D eigenvalue weighted by atomic mass is 10.3. The van der Waals surface area contributed by atoms with Gasteiger partial charge in [-0.1, -0.05) is 0 Å². The zero-order chi connectivity index (χ0) is 6.15. The van der Waals surface area contributed by atoms with E-state index < -0.39 is 18.3 Å². The van der Waals surface area contributed by atoms with E-state index in [0.29, 0.717) is 0 Å². The second kappa shape index (κ2) is 1.72. The molecule has 1 heterocycles. The van der Waals surface area contributed by atoms with Crippen molar-refractivity contribution in [1.29, 1.82) is 0 Å². The summed E-state index contributed by atoms with van der Waals surface area (Å²) in [6.45, 7) is 0. The molecule has 2 atom stereocenters. The highest BCUT2D eigenvalue weighted by molar-refractivity contribution is 5.72. The summed E-state index contributed by atoms with van der Waals surface area (Å²) in [5.74, 6) is -0.426. The molecule has 4 heteroatoms. The number of rotatable bonds is 0. The monoisotopic (exact) mass is 117 g/mol. The Balaban J connectivity index is 2.51. The summed E-state index contributed by atoms with van der Waals surface area (Å²) in [5, 5.41) is 8.60. The fraction of sp³-hybridized carbons (Fsp3) is 0.750. The first-order valence-corrected chi connectivity index (χ1v) is 2.33. The summed E-state index contributed by atoms with van der Waals surface area (Å²) >= 11 is 0. The van der Waals surface area contributed by atoms with Crippen molar-refractivity contribution in [3.63, 3.8) is 0 Å². The zero-order valence-corrected chi connectivity index (χ0v) is 4.20. The summed E-state index contributed by atoms with van der Waals surface area (Å²) in [6.07, 6.45) is -0.955. The highest BCUT2D eigenvalue weighted by Crippen LogP contribution is 2.08. The Morgan fingerprint density at radius 3 is 2.62 bits per heavy atom. The molecule has 4 nitrogen and oxygen atoms in total. The number of nitrogens with two attached hydrogens (primary N) is 1. The number of aliphatic hydroxyl groups excluding tert-OH is 1. The van der Waals surface area contributed by atoms with E-state index in [2.05, 4.69) is 4.74 Å². The summed E-state index contributed by atoms with van der Waals surface area (Å²) in [5.41, 5.74) is 5.17. The van der Waals surface area contributed by atoms with Gasteiger partial charge in [0.25, 0.3) is 0 Å². The van der Waals surface area contributed by atoms with Crippen LogP contribution in [0.15, 0.2) is 0 Å². The summed E-state index contributed by atoms with van der Waals surface area (Å²) in [7, 11) is 0. The van der Waals surface area contributed by atoms with Crippen molar-refractivity contribution >= 4 is 5.97 Å². The van der Waals surface area contributed by atoms with Crippen molar-refractivity contribution in [2.75, 3.05) is 0 Å². The average molecular weight is 117 g/mol. The van der Waals surface area contributed by atoms with Crippen LogP contribution in [0.2, 0.25) is 0 Å². The van der Waals surface area contributed by atoms with E-state index in [1.807, 2.05) is 0 Å². The van der Waals surface area contributed by atoms with Gasteiger partial charge in [0, 0.05) is 0 Å². The Morgan fingerprint density at radius 1 is 1.88 bits per heavy atom. The largest absolute Gasteiger partial charge is 0.434 e. The first kappa shape index (κ1) is 5.53. The maximum Gasteiger partial charge on any atom is 0.309 e. The Kier molecular flexibility index (Phi) is 1.19. The second-order valence-electron chi connectivity index (χ2n) is 1.75. The molecular weight excluding hydrogens is 110 g/mol. The predicted octanol–water partition coefficient (Wildman–Crippen LogP) is -1.42. The fourth-order valence-corrected chi connectivity index (χ4v) is 0.563. The maximum atomic E-state index is 10.2. The Labute approximate surface area is 46.2 Å². The topological polar surface area (TPSA) is 72.6 Å². The number of esters is 1. The zero-order valence-electron chi connectivity index (χ0n) is 4.20. The van der Waals surface area contributed by atoms with E-state index in [1.165, 1.54) is 0 Å². The van der Waals surface area contributed by atoms with Gasteiger partial charge in [-0.25, -0.2) is 0 Å². The molecule has 0 aromatic carbocycles.